The average Bonchev–Trinajstić information content (AvgIpc) is 2.96. The molecule has 0 saturated carbocycles. The molecule has 1 saturated heterocycles. The zero-order valence-electron chi connectivity index (χ0n) is 12.5. The third-order valence-electron chi connectivity index (χ3n) is 3.37. The number of aliphatic carboxylic acids is 1. The van der Waals surface area contributed by atoms with Crippen molar-refractivity contribution >= 4 is 23.4 Å². The van der Waals surface area contributed by atoms with Crippen molar-refractivity contribution < 1.29 is 19.4 Å². The van der Waals surface area contributed by atoms with Crippen molar-refractivity contribution in [3.05, 3.63) is 22.4 Å². The first-order chi connectivity index (χ1) is 9.76. The summed E-state index contributed by atoms with van der Waals surface area (Å²) in [6.45, 7) is 5.77. The van der Waals surface area contributed by atoms with Crippen LogP contribution in [0.1, 0.15) is 32.1 Å². The number of ether oxygens (including phenoxy) is 1. The number of likely N-dealkylation sites (tertiary alicyclic amines) is 1. The highest BCUT2D eigenvalue weighted by Gasteiger charge is 2.41. The van der Waals surface area contributed by atoms with Gasteiger partial charge in [0.05, 0.1) is 0 Å². The Hall–Kier alpha value is -1.56. The van der Waals surface area contributed by atoms with Gasteiger partial charge < -0.3 is 9.84 Å². The third kappa shape index (κ3) is 4.20. The maximum atomic E-state index is 12.2. The molecule has 2 rings (SSSR count). The highest BCUT2D eigenvalue weighted by atomic mass is 32.1. The van der Waals surface area contributed by atoms with Crippen LogP contribution in [0.4, 0.5) is 4.79 Å². The van der Waals surface area contributed by atoms with Gasteiger partial charge in [0.2, 0.25) is 0 Å². The van der Waals surface area contributed by atoms with E-state index < -0.39 is 23.7 Å². The molecular weight excluding hydrogens is 290 g/mol. The van der Waals surface area contributed by atoms with Gasteiger partial charge in [0.25, 0.3) is 0 Å². The average molecular weight is 311 g/mol. The minimum absolute atomic E-state index is 0.164. The summed E-state index contributed by atoms with van der Waals surface area (Å²) in [5, 5.41) is 11.3. The van der Waals surface area contributed by atoms with E-state index >= 15 is 0 Å². The highest BCUT2D eigenvalue weighted by molar-refractivity contribution is 7.09. The zero-order chi connectivity index (χ0) is 15.6. The van der Waals surface area contributed by atoms with Gasteiger partial charge in [0.1, 0.15) is 11.6 Å². The van der Waals surface area contributed by atoms with Crippen molar-refractivity contribution in [3.8, 4) is 0 Å². The van der Waals surface area contributed by atoms with E-state index in [1.165, 1.54) is 9.78 Å². The molecule has 0 aliphatic carbocycles. The summed E-state index contributed by atoms with van der Waals surface area (Å²) in [6.07, 6.45) is 0.747. The van der Waals surface area contributed by atoms with Gasteiger partial charge in [-0.1, -0.05) is 6.07 Å². The molecule has 1 aliphatic heterocycles. The quantitative estimate of drug-likeness (QED) is 0.932. The smallest absolute Gasteiger partial charge is 0.411 e. The maximum absolute atomic E-state index is 12.2. The summed E-state index contributed by atoms with van der Waals surface area (Å²) < 4.78 is 5.31. The molecule has 1 aromatic rings. The first-order valence-corrected chi connectivity index (χ1v) is 7.89. The van der Waals surface area contributed by atoms with Crippen LogP contribution in [-0.2, 0) is 16.0 Å². The summed E-state index contributed by atoms with van der Waals surface area (Å²) in [6, 6.07) is 3.23. The van der Waals surface area contributed by atoms with Crippen LogP contribution < -0.4 is 0 Å². The number of carboxylic acids is 1. The third-order valence-corrected chi connectivity index (χ3v) is 4.27. The van der Waals surface area contributed by atoms with E-state index in [2.05, 4.69) is 0 Å². The first-order valence-electron chi connectivity index (χ1n) is 7.01. The molecule has 1 N–H and O–H groups in total. The van der Waals surface area contributed by atoms with Crippen molar-refractivity contribution in [1.29, 1.82) is 0 Å². The van der Waals surface area contributed by atoms with E-state index in [-0.39, 0.29) is 5.92 Å². The monoisotopic (exact) mass is 311 g/mol. The van der Waals surface area contributed by atoms with E-state index in [9.17, 15) is 14.7 Å². The normalized spacial score (nSPS) is 22.3. The molecule has 0 spiro atoms. The lowest BCUT2D eigenvalue weighted by molar-refractivity contribution is -0.142. The summed E-state index contributed by atoms with van der Waals surface area (Å²) in [5.41, 5.74) is -0.619. The summed E-state index contributed by atoms with van der Waals surface area (Å²) >= 11 is 1.66. The standard InChI is InChI=1S/C15H21NO4S/c1-15(2,3)20-14(19)16-9-10(8-12(16)13(17)18)7-11-5-4-6-21-11/h4-6,10,12H,7-9H2,1-3H3,(H,17,18). The van der Waals surface area contributed by atoms with Gasteiger partial charge in [-0.15, -0.1) is 11.3 Å². The van der Waals surface area contributed by atoms with Crippen LogP contribution in [0.5, 0.6) is 0 Å². The van der Waals surface area contributed by atoms with Gasteiger partial charge >= 0.3 is 12.1 Å². The predicted molar refractivity (Wildman–Crippen MR) is 80.5 cm³/mol. The van der Waals surface area contributed by atoms with Gasteiger partial charge in [0, 0.05) is 11.4 Å². The molecule has 0 aromatic carbocycles. The van der Waals surface area contributed by atoms with Crippen LogP contribution in [-0.4, -0.2) is 40.3 Å². The number of thiophene rings is 1. The number of carboxylic acid groups (broad SMARTS) is 1. The molecule has 1 aliphatic rings. The van der Waals surface area contributed by atoms with Crippen LogP contribution in [0.2, 0.25) is 0 Å². The number of carbonyl (C=O) groups is 2. The number of hydrogen-bond donors (Lipinski definition) is 1. The lowest BCUT2D eigenvalue weighted by Crippen LogP contribution is -2.43. The van der Waals surface area contributed by atoms with Crippen LogP contribution in [0, 0.1) is 5.92 Å². The van der Waals surface area contributed by atoms with Crippen molar-refractivity contribution in [2.75, 3.05) is 6.54 Å². The minimum atomic E-state index is -0.963. The van der Waals surface area contributed by atoms with Crippen LogP contribution >= 0.6 is 11.3 Å². The van der Waals surface area contributed by atoms with E-state index in [0.29, 0.717) is 13.0 Å². The fourth-order valence-corrected chi connectivity index (χ4v) is 3.36. The number of carbonyl (C=O) groups excluding carboxylic acids is 1. The van der Waals surface area contributed by atoms with Gasteiger partial charge in [-0.05, 0) is 51.0 Å². The van der Waals surface area contributed by atoms with E-state index in [4.69, 9.17) is 4.74 Å². The molecule has 2 unspecified atom stereocenters. The second-order valence-corrected chi connectivity index (χ2v) is 7.40. The van der Waals surface area contributed by atoms with Gasteiger partial charge in [-0.3, -0.25) is 4.90 Å². The fraction of sp³-hybridized carbons (Fsp3) is 0.600. The molecule has 1 amide bonds. The highest BCUT2D eigenvalue weighted by Crippen LogP contribution is 2.29. The molecule has 5 nitrogen and oxygen atoms in total. The SMILES string of the molecule is CC(C)(C)OC(=O)N1CC(Cc2cccs2)CC1C(=O)O. The van der Waals surface area contributed by atoms with E-state index in [1.807, 2.05) is 17.5 Å². The van der Waals surface area contributed by atoms with Crippen LogP contribution in [0.15, 0.2) is 17.5 Å². The second kappa shape index (κ2) is 6.05. The zero-order valence-corrected chi connectivity index (χ0v) is 13.4. The number of hydrogen-bond acceptors (Lipinski definition) is 4. The lowest BCUT2D eigenvalue weighted by Gasteiger charge is -2.26. The van der Waals surface area contributed by atoms with Crippen molar-refractivity contribution in [2.24, 2.45) is 5.92 Å². The molecular formula is C15H21NO4S. The van der Waals surface area contributed by atoms with Crippen molar-refractivity contribution in [3.63, 3.8) is 0 Å². The summed E-state index contributed by atoms with van der Waals surface area (Å²) in [4.78, 5) is 26.1. The summed E-state index contributed by atoms with van der Waals surface area (Å²) in [5.74, 6) is -0.799. The Morgan fingerprint density at radius 2 is 2.19 bits per heavy atom. The topological polar surface area (TPSA) is 66.8 Å². The molecule has 2 atom stereocenters. The maximum Gasteiger partial charge on any atom is 0.411 e. The fourth-order valence-electron chi connectivity index (χ4n) is 2.54. The minimum Gasteiger partial charge on any atom is -0.480 e. The number of nitrogens with zero attached hydrogens (tertiary/aromatic N) is 1. The largest absolute Gasteiger partial charge is 0.480 e. The van der Waals surface area contributed by atoms with Gasteiger partial charge in [-0.25, -0.2) is 9.59 Å². The second-order valence-electron chi connectivity index (χ2n) is 6.37. The Balaban J connectivity index is 2.05. The lowest BCUT2D eigenvalue weighted by atomic mass is 10.0. The Kier molecular flexibility index (Phi) is 4.56. The summed E-state index contributed by atoms with van der Waals surface area (Å²) in [7, 11) is 0. The van der Waals surface area contributed by atoms with Crippen molar-refractivity contribution in [1.82, 2.24) is 4.90 Å². The molecule has 1 fully saturated rings. The molecule has 2 heterocycles. The first kappa shape index (κ1) is 15.8. The number of rotatable bonds is 3. The van der Waals surface area contributed by atoms with E-state index in [1.54, 1.807) is 32.1 Å². The van der Waals surface area contributed by atoms with Crippen molar-refractivity contribution in [2.45, 2.75) is 45.3 Å². The van der Waals surface area contributed by atoms with E-state index in [0.717, 1.165) is 6.42 Å². The molecule has 21 heavy (non-hydrogen) atoms. The molecule has 1 aromatic heterocycles. The molecule has 0 bridgehead atoms. The Morgan fingerprint density at radius 3 is 2.71 bits per heavy atom. The molecule has 0 radical (unpaired) electrons. The number of amides is 1. The Labute approximate surface area is 128 Å². The molecule has 6 heteroatoms. The van der Waals surface area contributed by atoms with Crippen LogP contribution in [0.3, 0.4) is 0 Å². The van der Waals surface area contributed by atoms with Gasteiger partial charge in [0.15, 0.2) is 0 Å². The van der Waals surface area contributed by atoms with Crippen LogP contribution in [0.25, 0.3) is 0 Å². The molecule has 116 valence electrons. The van der Waals surface area contributed by atoms with Gasteiger partial charge in [-0.2, -0.15) is 0 Å². The predicted octanol–water partition coefficient (Wildman–Crippen LogP) is 3.00. The Bertz CT molecular complexity index is 506. The Morgan fingerprint density at radius 1 is 1.48 bits per heavy atom.